The molecule has 3 aromatic heterocycles. The highest BCUT2D eigenvalue weighted by Crippen LogP contribution is 2.31. The molecule has 1 amide bonds. The first-order valence-corrected chi connectivity index (χ1v) is 9.78. The number of anilines is 1. The Hall–Kier alpha value is -3.92. The SMILES string of the molecule is C#Cc1ccc(CN(C(=O)c2cc3c(cn2)nc(N)c2cnn(C)c23)C2CC2)cc1. The van der Waals surface area contributed by atoms with Crippen LogP contribution < -0.4 is 5.73 Å². The summed E-state index contributed by atoms with van der Waals surface area (Å²) in [6.07, 6.45) is 10.7. The molecule has 7 heteroatoms. The molecular weight excluding hydrogens is 376 g/mol. The van der Waals surface area contributed by atoms with Crippen LogP contribution in [0.15, 0.2) is 42.7 Å². The molecule has 30 heavy (non-hydrogen) atoms. The van der Waals surface area contributed by atoms with E-state index in [2.05, 4.69) is 21.0 Å². The van der Waals surface area contributed by atoms with Gasteiger partial charge in [-0.3, -0.25) is 9.48 Å². The highest BCUT2D eigenvalue weighted by atomic mass is 16.2. The van der Waals surface area contributed by atoms with Gasteiger partial charge in [0.2, 0.25) is 0 Å². The molecule has 0 bridgehead atoms. The van der Waals surface area contributed by atoms with Crippen molar-refractivity contribution in [1.82, 2.24) is 24.6 Å². The van der Waals surface area contributed by atoms with Gasteiger partial charge in [0.15, 0.2) is 0 Å². The molecule has 1 fully saturated rings. The zero-order chi connectivity index (χ0) is 20.8. The van der Waals surface area contributed by atoms with E-state index in [1.807, 2.05) is 36.2 Å². The molecule has 5 rings (SSSR count). The monoisotopic (exact) mass is 396 g/mol. The summed E-state index contributed by atoms with van der Waals surface area (Å²) in [5.41, 5.74) is 9.80. The number of nitrogens with two attached hydrogens (primary N) is 1. The van der Waals surface area contributed by atoms with Crippen molar-refractivity contribution in [3.05, 3.63) is 59.5 Å². The second kappa shape index (κ2) is 6.85. The predicted molar refractivity (Wildman–Crippen MR) is 115 cm³/mol. The summed E-state index contributed by atoms with van der Waals surface area (Å²) in [6, 6.07) is 9.77. The van der Waals surface area contributed by atoms with E-state index in [0.717, 1.165) is 40.3 Å². The normalized spacial score (nSPS) is 13.5. The smallest absolute Gasteiger partial charge is 0.273 e. The number of carbonyl (C=O) groups excluding carboxylic acids is 1. The lowest BCUT2D eigenvalue weighted by Crippen LogP contribution is -2.33. The summed E-state index contributed by atoms with van der Waals surface area (Å²) in [7, 11) is 1.85. The summed E-state index contributed by atoms with van der Waals surface area (Å²) < 4.78 is 1.75. The second-order valence-electron chi connectivity index (χ2n) is 7.62. The van der Waals surface area contributed by atoms with E-state index in [4.69, 9.17) is 12.2 Å². The third-order valence-electron chi connectivity index (χ3n) is 5.53. The molecule has 0 aliphatic heterocycles. The van der Waals surface area contributed by atoms with Crippen molar-refractivity contribution in [1.29, 1.82) is 0 Å². The van der Waals surface area contributed by atoms with Gasteiger partial charge in [0, 0.05) is 30.6 Å². The van der Waals surface area contributed by atoms with Crippen LogP contribution in [0.3, 0.4) is 0 Å². The van der Waals surface area contributed by atoms with Gasteiger partial charge in [0.1, 0.15) is 11.5 Å². The minimum absolute atomic E-state index is 0.0902. The number of pyridine rings is 2. The Kier molecular flexibility index (Phi) is 4.14. The van der Waals surface area contributed by atoms with Crippen LogP contribution in [0.5, 0.6) is 0 Å². The van der Waals surface area contributed by atoms with Crippen molar-refractivity contribution in [2.45, 2.75) is 25.4 Å². The van der Waals surface area contributed by atoms with Gasteiger partial charge in [-0.1, -0.05) is 18.1 Å². The zero-order valence-corrected chi connectivity index (χ0v) is 16.5. The Morgan fingerprint density at radius 2 is 2.03 bits per heavy atom. The number of nitrogens with zero attached hydrogens (tertiary/aromatic N) is 5. The van der Waals surface area contributed by atoms with Crippen LogP contribution in [0, 0.1) is 12.3 Å². The second-order valence-corrected chi connectivity index (χ2v) is 7.62. The Morgan fingerprint density at radius 3 is 2.73 bits per heavy atom. The van der Waals surface area contributed by atoms with E-state index in [0.29, 0.717) is 23.6 Å². The van der Waals surface area contributed by atoms with Gasteiger partial charge < -0.3 is 10.6 Å². The van der Waals surface area contributed by atoms with Crippen molar-refractivity contribution in [3.8, 4) is 12.3 Å². The van der Waals surface area contributed by atoms with Crippen LogP contribution in [0.25, 0.3) is 21.8 Å². The molecule has 3 heterocycles. The lowest BCUT2D eigenvalue weighted by molar-refractivity contribution is 0.0724. The number of hydrogen-bond acceptors (Lipinski definition) is 5. The van der Waals surface area contributed by atoms with E-state index in [1.54, 1.807) is 23.1 Å². The molecule has 0 spiro atoms. The number of nitrogen functional groups attached to an aromatic ring is 1. The predicted octanol–water partition coefficient (Wildman–Crippen LogP) is 2.88. The standard InChI is InChI=1S/C23H20N6O/c1-3-14-4-6-15(7-5-14)13-29(16-8-9-16)23(30)19-10-17-20(12-25-19)27-22(24)18-11-26-28(2)21(17)18/h1,4-7,10-12,16H,8-9,13H2,2H3,(H2,24,27). The quantitative estimate of drug-likeness (QED) is 0.536. The largest absolute Gasteiger partial charge is 0.383 e. The average Bonchev–Trinajstić information content (AvgIpc) is 3.53. The Bertz CT molecular complexity index is 1330. The summed E-state index contributed by atoms with van der Waals surface area (Å²) in [6.45, 7) is 0.523. The van der Waals surface area contributed by atoms with Gasteiger partial charge in [-0.15, -0.1) is 6.42 Å². The molecule has 1 aliphatic rings. The summed E-state index contributed by atoms with van der Waals surface area (Å²) in [5, 5.41) is 5.87. The molecular formula is C23H20N6O. The number of benzene rings is 1. The van der Waals surface area contributed by atoms with Crippen LogP contribution in [0.4, 0.5) is 5.82 Å². The number of amides is 1. The molecule has 0 radical (unpaired) electrons. The van der Waals surface area contributed by atoms with Crippen LogP contribution in [0.1, 0.15) is 34.5 Å². The number of rotatable bonds is 4. The van der Waals surface area contributed by atoms with E-state index < -0.39 is 0 Å². The molecule has 148 valence electrons. The maximum absolute atomic E-state index is 13.4. The minimum atomic E-state index is -0.0902. The molecule has 2 N–H and O–H groups in total. The van der Waals surface area contributed by atoms with Crippen molar-refractivity contribution in [2.75, 3.05) is 5.73 Å². The molecule has 0 unspecified atom stereocenters. The number of aryl methyl sites for hydroxylation is 1. The molecule has 1 aromatic carbocycles. The number of aromatic nitrogens is 4. The van der Waals surface area contributed by atoms with Gasteiger partial charge in [-0.05, 0) is 36.6 Å². The zero-order valence-electron chi connectivity index (χ0n) is 16.5. The first-order valence-electron chi connectivity index (χ1n) is 9.78. The van der Waals surface area contributed by atoms with Crippen molar-refractivity contribution in [3.63, 3.8) is 0 Å². The van der Waals surface area contributed by atoms with Crippen molar-refractivity contribution < 1.29 is 4.79 Å². The Labute approximate surface area is 173 Å². The third-order valence-corrected chi connectivity index (χ3v) is 5.53. The first kappa shape index (κ1) is 18.1. The van der Waals surface area contributed by atoms with E-state index in [1.165, 1.54) is 0 Å². The lowest BCUT2D eigenvalue weighted by Gasteiger charge is -2.22. The fraction of sp³-hybridized carbons (Fsp3) is 0.217. The number of carbonyl (C=O) groups is 1. The molecule has 1 aliphatic carbocycles. The highest BCUT2D eigenvalue weighted by molar-refractivity contribution is 6.09. The number of hydrogen-bond donors (Lipinski definition) is 1. The molecule has 0 saturated heterocycles. The van der Waals surface area contributed by atoms with Gasteiger partial charge >= 0.3 is 0 Å². The lowest BCUT2D eigenvalue weighted by atomic mass is 10.1. The van der Waals surface area contributed by atoms with Crippen LogP contribution >= 0.6 is 0 Å². The third kappa shape index (κ3) is 3.03. The van der Waals surface area contributed by atoms with Crippen molar-refractivity contribution in [2.24, 2.45) is 7.05 Å². The van der Waals surface area contributed by atoms with E-state index >= 15 is 0 Å². The minimum Gasteiger partial charge on any atom is -0.383 e. The van der Waals surface area contributed by atoms with Crippen LogP contribution in [-0.4, -0.2) is 36.6 Å². The van der Waals surface area contributed by atoms with Gasteiger partial charge in [0.25, 0.3) is 5.91 Å². The topological polar surface area (TPSA) is 89.9 Å². The van der Waals surface area contributed by atoms with Gasteiger partial charge in [-0.25, -0.2) is 9.97 Å². The fourth-order valence-corrected chi connectivity index (χ4v) is 3.78. The molecule has 0 atom stereocenters. The van der Waals surface area contributed by atoms with Crippen LogP contribution in [0.2, 0.25) is 0 Å². The maximum Gasteiger partial charge on any atom is 0.273 e. The first-order chi connectivity index (χ1) is 14.5. The van der Waals surface area contributed by atoms with E-state index in [9.17, 15) is 4.79 Å². The van der Waals surface area contributed by atoms with Crippen molar-refractivity contribution >= 4 is 33.5 Å². The summed E-state index contributed by atoms with van der Waals surface area (Å²) >= 11 is 0. The van der Waals surface area contributed by atoms with Gasteiger partial charge in [-0.2, -0.15) is 5.10 Å². The van der Waals surface area contributed by atoms with Gasteiger partial charge in [0.05, 0.1) is 28.8 Å². The highest BCUT2D eigenvalue weighted by Gasteiger charge is 2.33. The fourth-order valence-electron chi connectivity index (χ4n) is 3.78. The molecule has 4 aromatic rings. The number of fused-ring (bicyclic) bond motifs is 3. The molecule has 7 nitrogen and oxygen atoms in total. The maximum atomic E-state index is 13.4. The number of terminal acetylenes is 1. The summed E-state index contributed by atoms with van der Waals surface area (Å²) in [4.78, 5) is 24.1. The Balaban J connectivity index is 1.53. The van der Waals surface area contributed by atoms with Crippen LogP contribution in [-0.2, 0) is 13.6 Å². The summed E-state index contributed by atoms with van der Waals surface area (Å²) in [5.74, 6) is 2.93. The van der Waals surface area contributed by atoms with E-state index in [-0.39, 0.29) is 11.9 Å². The average molecular weight is 396 g/mol. The molecule has 1 saturated carbocycles. The Morgan fingerprint density at radius 1 is 1.27 bits per heavy atom.